The number of hydrogen-bond acceptors (Lipinski definition) is 4. The molecule has 4 aromatic carbocycles. The van der Waals surface area contributed by atoms with Crippen LogP contribution in [-0.2, 0) is 12.4 Å². The van der Waals surface area contributed by atoms with Gasteiger partial charge in [0.2, 0.25) is 0 Å². The summed E-state index contributed by atoms with van der Waals surface area (Å²) in [5.41, 5.74) is 0.567. The fourth-order valence-electron chi connectivity index (χ4n) is 3.76. The van der Waals surface area contributed by atoms with Crippen molar-refractivity contribution in [3.8, 4) is 33.8 Å². The normalized spacial score (nSPS) is 11.2. The van der Waals surface area contributed by atoms with Crippen LogP contribution in [0.3, 0.4) is 0 Å². The van der Waals surface area contributed by atoms with Gasteiger partial charge in [0.05, 0.1) is 25.3 Å². The van der Waals surface area contributed by atoms with E-state index in [4.69, 9.17) is 9.47 Å². The van der Waals surface area contributed by atoms with Gasteiger partial charge in [0.15, 0.2) is 12.6 Å². The molecule has 0 bridgehead atoms. The molecule has 4 nitrogen and oxygen atoms in total. The smallest absolute Gasteiger partial charge is 0.416 e. The fourth-order valence-corrected chi connectivity index (χ4v) is 3.76. The van der Waals surface area contributed by atoms with Gasteiger partial charge in [-0.25, -0.2) is 0 Å². The Morgan fingerprint density at radius 2 is 0.925 bits per heavy atom. The van der Waals surface area contributed by atoms with Crippen molar-refractivity contribution in [3.05, 3.63) is 107 Å². The third-order valence-corrected chi connectivity index (χ3v) is 5.78. The topological polar surface area (TPSA) is 52.6 Å². The van der Waals surface area contributed by atoms with Crippen LogP contribution >= 0.6 is 0 Å². The zero-order valence-corrected chi connectivity index (χ0v) is 21.1. The second-order valence-corrected chi connectivity index (χ2v) is 8.30. The number of methoxy groups -OCH3 is 2. The number of carbonyl (C=O) groups is 2. The number of halogens is 6. The van der Waals surface area contributed by atoms with Gasteiger partial charge in [-0.3, -0.25) is 9.59 Å². The van der Waals surface area contributed by atoms with E-state index in [1.165, 1.54) is 50.6 Å². The van der Waals surface area contributed by atoms with E-state index < -0.39 is 23.5 Å². The molecule has 0 atom stereocenters. The molecule has 0 saturated heterocycles. The molecule has 0 aliphatic carbocycles. The molecule has 0 heterocycles. The van der Waals surface area contributed by atoms with Crippen molar-refractivity contribution in [1.82, 2.24) is 0 Å². The third-order valence-electron chi connectivity index (χ3n) is 5.78. The lowest BCUT2D eigenvalue weighted by Gasteiger charge is -2.11. The van der Waals surface area contributed by atoms with Crippen molar-refractivity contribution in [2.45, 2.75) is 12.4 Å². The third kappa shape index (κ3) is 7.28. The van der Waals surface area contributed by atoms with Crippen molar-refractivity contribution in [2.24, 2.45) is 0 Å². The van der Waals surface area contributed by atoms with E-state index in [0.717, 1.165) is 24.3 Å². The van der Waals surface area contributed by atoms with Gasteiger partial charge in [-0.2, -0.15) is 26.3 Å². The van der Waals surface area contributed by atoms with E-state index in [1.807, 2.05) is 0 Å². The fraction of sp³-hybridized carbons (Fsp3) is 0.133. The molecule has 0 radical (unpaired) electrons. The number of hydrogen-bond donors (Lipinski definition) is 0. The van der Waals surface area contributed by atoms with Crippen LogP contribution in [0.1, 0.15) is 31.8 Å². The summed E-state index contributed by atoms with van der Waals surface area (Å²) in [7, 11) is 2.90. The van der Waals surface area contributed by atoms with Crippen LogP contribution in [0.15, 0.2) is 84.9 Å². The first-order chi connectivity index (χ1) is 18.9. The standard InChI is InChI=1S/2C15H11F3O2/c2*1-20-13-6-5-11(9-19)14(8-13)10-3-2-4-12(7-10)15(16,17)18/h2*2-9H,1H3. The highest BCUT2D eigenvalue weighted by molar-refractivity contribution is 5.89. The summed E-state index contributed by atoms with van der Waals surface area (Å²) in [5.74, 6) is 0.950. The van der Waals surface area contributed by atoms with Gasteiger partial charge < -0.3 is 9.47 Å². The Morgan fingerprint density at radius 1 is 0.550 bits per heavy atom. The van der Waals surface area contributed by atoms with Gasteiger partial charge in [0.25, 0.3) is 0 Å². The summed E-state index contributed by atoms with van der Waals surface area (Å²) < 4.78 is 86.4. The van der Waals surface area contributed by atoms with E-state index in [9.17, 15) is 35.9 Å². The Kier molecular flexibility index (Phi) is 9.36. The highest BCUT2D eigenvalue weighted by atomic mass is 19.4. The van der Waals surface area contributed by atoms with E-state index in [2.05, 4.69) is 0 Å². The molecule has 4 aromatic rings. The Hall–Kier alpha value is -4.60. The molecule has 0 fully saturated rings. The summed E-state index contributed by atoms with van der Waals surface area (Å²) in [6.45, 7) is 0. The molecule has 0 aromatic heterocycles. The monoisotopic (exact) mass is 560 g/mol. The summed E-state index contributed by atoms with van der Waals surface area (Å²) in [4.78, 5) is 22.0. The van der Waals surface area contributed by atoms with Crippen LogP contribution in [0.4, 0.5) is 26.3 Å². The number of alkyl halides is 6. The molecule has 40 heavy (non-hydrogen) atoms. The van der Waals surface area contributed by atoms with Crippen molar-refractivity contribution in [2.75, 3.05) is 14.2 Å². The molecule has 0 amide bonds. The van der Waals surface area contributed by atoms with Crippen LogP contribution in [0, 0.1) is 0 Å². The zero-order valence-electron chi connectivity index (χ0n) is 21.1. The predicted octanol–water partition coefficient (Wildman–Crippen LogP) is 8.39. The Labute approximate surface area is 225 Å². The second-order valence-electron chi connectivity index (χ2n) is 8.30. The molecular weight excluding hydrogens is 538 g/mol. The maximum Gasteiger partial charge on any atom is 0.416 e. The Morgan fingerprint density at radius 3 is 1.23 bits per heavy atom. The van der Waals surface area contributed by atoms with Crippen LogP contribution in [-0.4, -0.2) is 26.8 Å². The second kappa shape index (κ2) is 12.5. The highest BCUT2D eigenvalue weighted by Crippen LogP contribution is 2.35. The van der Waals surface area contributed by atoms with Crippen LogP contribution < -0.4 is 9.47 Å². The molecule has 0 spiro atoms. The van der Waals surface area contributed by atoms with Gasteiger partial charge >= 0.3 is 12.4 Å². The minimum absolute atomic E-state index is 0.310. The summed E-state index contributed by atoms with van der Waals surface area (Å²) in [6.07, 6.45) is -7.63. The first kappa shape index (κ1) is 29.9. The minimum Gasteiger partial charge on any atom is -0.497 e. The Bertz CT molecular complexity index is 1380. The van der Waals surface area contributed by atoms with Gasteiger partial charge in [-0.1, -0.05) is 24.3 Å². The molecule has 0 aliphatic rings. The highest BCUT2D eigenvalue weighted by Gasteiger charge is 2.31. The summed E-state index contributed by atoms with van der Waals surface area (Å²) >= 11 is 0. The van der Waals surface area contributed by atoms with E-state index in [0.29, 0.717) is 57.5 Å². The number of ether oxygens (including phenoxy) is 2. The lowest BCUT2D eigenvalue weighted by atomic mass is 9.98. The molecule has 0 aliphatic heterocycles. The largest absolute Gasteiger partial charge is 0.497 e. The molecular formula is C30H22F6O4. The van der Waals surface area contributed by atoms with Crippen LogP contribution in [0.2, 0.25) is 0 Å². The van der Waals surface area contributed by atoms with E-state index >= 15 is 0 Å². The lowest BCUT2D eigenvalue weighted by molar-refractivity contribution is -0.138. The summed E-state index contributed by atoms with van der Waals surface area (Å²) in [5, 5.41) is 0. The van der Waals surface area contributed by atoms with Crippen molar-refractivity contribution in [1.29, 1.82) is 0 Å². The SMILES string of the molecule is COc1ccc(C=O)c(-c2cccc(C(F)(F)F)c2)c1.COc1ccc(C=O)c(-c2cccc(C(F)(F)F)c2)c1. The molecule has 4 rings (SSSR count). The quantitative estimate of drug-likeness (QED) is 0.176. The van der Waals surface area contributed by atoms with Gasteiger partial charge in [-0.15, -0.1) is 0 Å². The van der Waals surface area contributed by atoms with Gasteiger partial charge in [-0.05, 0) is 82.9 Å². The van der Waals surface area contributed by atoms with Crippen LogP contribution in [0.25, 0.3) is 22.3 Å². The Balaban J connectivity index is 0.000000220. The first-order valence-electron chi connectivity index (χ1n) is 11.5. The van der Waals surface area contributed by atoms with Crippen molar-refractivity contribution in [3.63, 3.8) is 0 Å². The van der Waals surface area contributed by atoms with Crippen LogP contribution in [0.5, 0.6) is 11.5 Å². The number of carbonyl (C=O) groups excluding carboxylic acids is 2. The van der Waals surface area contributed by atoms with Gasteiger partial charge in [0.1, 0.15) is 11.5 Å². The number of aldehydes is 2. The van der Waals surface area contributed by atoms with Crippen molar-refractivity contribution < 1.29 is 45.4 Å². The maximum atomic E-state index is 12.7. The average Bonchev–Trinajstić information content (AvgIpc) is 2.96. The minimum atomic E-state index is -4.42. The molecule has 208 valence electrons. The average molecular weight is 560 g/mol. The zero-order chi connectivity index (χ0) is 29.5. The molecule has 0 unspecified atom stereocenters. The number of rotatable bonds is 6. The number of benzene rings is 4. The lowest BCUT2D eigenvalue weighted by Crippen LogP contribution is -2.04. The molecule has 0 saturated carbocycles. The summed E-state index contributed by atoms with van der Waals surface area (Å²) in [6, 6.07) is 19.0. The maximum absolute atomic E-state index is 12.7. The first-order valence-corrected chi connectivity index (χ1v) is 11.5. The van der Waals surface area contributed by atoms with E-state index in [-0.39, 0.29) is 0 Å². The molecule has 10 heteroatoms. The van der Waals surface area contributed by atoms with Crippen molar-refractivity contribution >= 4 is 12.6 Å². The van der Waals surface area contributed by atoms with Gasteiger partial charge in [0, 0.05) is 11.1 Å². The predicted molar refractivity (Wildman–Crippen MR) is 138 cm³/mol. The molecule has 0 N–H and O–H groups in total. The van der Waals surface area contributed by atoms with E-state index in [1.54, 1.807) is 24.3 Å².